The Morgan fingerprint density at radius 3 is 2.50 bits per heavy atom. The number of rotatable bonds is 3. The maximum atomic E-state index is 13.0. The Kier molecular flexibility index (Phi) is 7.06. The van der Waals surface area contributed by atoms with Crippen LogP contribution in [0.15, 0.2) is 24.3 Å². The van der Waals surface area contributed by atoms with Gasteiger partial charge >= 0.3 is 0 Å². The quantitative estimate of drug-likeness (QED) is 0.642. The van der Waals surface area contributed by atoms with Gasteiger partial charge in [-0.15, -0.1) is 0 Å². The van der Waals surface area contributed by atoms with Crippen LogP contribution in [0.4, 0.5) is 0 Å². The smallest absolute Gasteiger partial charge is 0.225 e. The van der Waals surface area contributed by atoms with Crippen LogP contribution >= 0.6 is 0 Å². The molecule has 0 unspecified atom stereocenters. The number of carbonyl (C=O) groups is 1. The van der Waals surface area contributed by atoms with Crippen LogP contribution in [-0.4, -0.2) is 55.0 Å². The first-order valence-electron chi connectivity index (χ1n) is 13.4. The predicted molar refractivity (Wildman–Crippen MR) is 129 cm³/mol. The fourth-order valence-corrected chi connectivity index (χ4v) is 6.45. The number of likely N-dealkylation sites (tertiary alicyclic amines) is 1. The lowest BCUT2D eigenvalue weighted by molar-refractivity contribution is -0.138. The molecule has 4 nitrogen and oxygen atoms in total. The summed E-state index contributed by atoms with van der Waals surface area (Å²) < 4.78 is 6.28. The summed E-state index contributed by atoms with van der Waals surface area (Å²) in [7, 11) is 0. The zero-order valence-corrected chi connectivity index (χ0v) is 19.9. The standard InChI is InChI=1S/C28H42N2O2/c31-27(25-9-1-2-10-25)30-17-15-28(16-18-30)14-6-5-8-24-7-3-4-11-26(24)32-20-19-29(22-28)21-23-12-13-23/h3-4,7,11,23,25H,1-2,5-6,8-10,12-22H2. The van der Waals surface area contributed by atoms with Crippen LogP contribution in [0.25, 0.3) is 0 Å². The third kappa shape index (κ3) is 5.50. The molecule has 4 aliphatic rings. The lowest BCUT2D eigenvalue weighted by Crippen LogP contribution is -2.50. The topological polar surface area (TPSA) is 32.8 Å². The molecule has 1 saturated heterocycles. The minimum Gasteiger partial charge on any atom is -0.492 e. The largest absolute Gasteiger partial charge is 0.492 e. The van der Waals surface area contributed by atoms with Gasteiger partial charge in [-0.1, -0.05) is 37.5 Å². The lowest BCUT2D eigenvalue weighted by Gasteiger charge is -2.45. The van der Waals surface area contributed by atoms with Gasteiger partial charge in [0.05, 0.1) is 0 Å². The van der Waals surface area contributed by atoms with Crippen molar-refractivity contribution in [1.29, 1.82) is 0 Å². The van der Waals surface area contributed by atoms with Crippen molar-refractivity contribution in [3.8, 4) is 5.75 Å². The van der Waals surface area contributed by atoms with Gasteiger partial charge in [-0.2, -0.15) is 0 Å². The maximum absolute atomic E-state index is 13.0. The molecule has 4 heteroatoms. The molecule has 2 aliphatic carbocycles. The highest BCUT2D eigenvalue weighted by molar-refractivity contribution is 5.79. The summed E-state index contributed by atoms with van der Waals surface area (Å²) in [5, 5.41) is 0. The van der Waals surface area contributed by atoms with Crippen molar-refractivity contribution < 1.29 is 9.53 Å². The number of carbonyl (C=O) groups excluding carboxylic acids is 1. The average molecular weight is 439 g/mol. The molecule has 176 valence electrons. The Hall–Kier alpha value is -1.55. The van der Waals surface area contributed by atoms with Crippen LogP contribution in [0.1, 0.15) is 76.2 Å². The number of piperidine rings is 1. The Bertz CT molecular complexity index is 760. The van der Waals surface area contributed by atoms with Crippen LogP contribution in [0.2, 0.25) is 0 Å². The molecule has 2 heterocycles. The van der Waals surface area contributed by atoms with Gasteiger partial charge in [-0.3, -0.25) is 9.69 Å². The van der Waals surface area contributed by atoms with E-state index in [-0.39, 0.29) is 0 Å². The molecular formula is C28H42N2O2. The predicted octanol–water partition coefficient (Wildman–Crippen LogP) is 5.30. The van der Waals surface area contributed by atoms with Crippen molar-refractivity contribution in [3.63, 3.8) is 0 Å². The first-order valence-corrected chi connectivity index (χ1v) is 13.4. The van der Waals surface area contributed by atoms with Gasteiger partial charge in [0.15, 0.2) is 0 Å². The SMILES string of the molecule is O=C(C1CCCC1)N1CCC2(CCCCc3ccccc3OCCN(CC3CC3)C2)CC1. The number of hydrogen-bond acceptors (Lipinski definition) is 3. The maximum Gasteiger partial charge on any atom is 0.225 e. The molecule has 1 aromatic carbocycles. The van der Waals surface area contributed by atoms with E-state index in [9.17, 15) is 4.79 Å². The van der Waals surface area contributed by atoms with E-state index in [0.717, 1.165) is 57.2 Å². The van der Waals surface area contributed by atoms with E-state index >= 15 is 0 Å². The summed E-state index contributed by atoms with van der Waals surface area (Å²) in [5.74, 6) is 2.78. The fourth-order valence-electron chi connectivity index (χ4n) is 6.45. The average Bonchev–Trinajstić information content (AvgIpc) is 3.45. The molecule has 1 aromatic rings. The second kappa shape index (κ2) is 10.2. The van der Waals surface area contributed by atoms with Crippen LogP contribution < -0.4 is 4.74 Å². The normalized spacial score (nSPS) is 25.6. The van der Waals surface area contributed by atoms with Crippen LogP contribution in [0.5, 0.6) is 5.75 Å². The number of amides is 1. The number of fused-ring (bicyclic) bond motifs is 1. The zero-order valence-electron chi connectivity index (χ0n) is 19.9. The molecule has 0 N–H and O–H groups in total. The molecule has 2 aliphatic heterocycles. The number of para-hydroxylation sites is 1. The van der Waals surface area contributed by atoms with E-state index in [1.807, 2.05) is 0 Å². The molecule has 32 heavy (non-hydrogen) atoms. The molecular weight excluding hydrogens is 396 g/mol. The van der Waals surface area contributed by atoms with E-state index in [2.05, 4.69) is 34.1 Å². The minimum atomic E-state index is 0.323. The van der Waals surface area contributed by atoms with Gasteiger partial charge in [0.2, 0.25) is 5.91 Å². The minimum absolute atomic E-state index is 0.323. The van der Waals surface area contributed by atoms with Gasteiger partial charge in [0.25, 0.3) is 0 Å². The van der Waals surface area contributed by atoms with Gasteiger partial charge in [0, 0.05) is 38.6 Å². The molecule has 2 saturated carbocycles. The van der Waals surface area contributed by atoms with Crippen molar-refractivity contribution in [2.24, 2.45) is 17.3 Å². The summed E-state index contributed by atoms with van der Waals surface area (Å²) in [5.41, 5.74) is 1.74. The Labute approximate surface area is 194 Å². The summed E-state index contributed by atoms with van der Waals surface area (Å²) >= 11 is 0. The number of nitrogens with zero attached hydrogens (tertiary/aromatic N) is 2. The molecule has 1 spiro atoms. The van der Waals surface area contributed by atoms with E-state index in [0.29, 0.717) is 17.2 Å². The third-order valence-electron chi connectivity index (χ3n) is 8.65. The van der Waals surface area contributed by atoms with Crippen molar-refractivity contribution in [2.75, 3.05) is 39.3 Å². The highest BCUT2D eigenvalue weighted by atomic mass is 16.5. The molecule has 0 atom stereocenters. The molecule has 0 aromatic heterocycles. The fraction of sp³-hybridized carbons (Fsp3) is 0.750. The molecule has 0 radical (unpaired) electrons. The van der Waals surface area contributed by atoms with E-state index in [1.165, 1.54) is 76.4 Å². The van der Waals surface area contributed by atoms with Gasteiger partial charge in [0.1, 0.15) is 12.4 Å². The van der Waals surface area contributed by atoms with Crippen molar-refractivity contribution >= 4 is 5.91 Å². The van der Waals surface area contributed by atoms with Crippen LogP contribution in [0, 0.1) is 17.3 Å². The molecule has 1 amide bonds. The Morgan fingerprint density at radius 2 is 1.72 bits per heavy atom. The summed E-state index contributed by atoms with van der Waals surface area (Å²) in [6, 6.07) is 8.63. The first-order chi connectivity index (χ1) is 15.7. The zero-order chi connectivity index (χ0) is 21.8. The monoisotopic (exact) mass is 438 g/mol. The third-order valence-corrected chi connectivity index (χ3v) is 8.65. The van der Waals surface area contributed by atoms with E-state index in [4.69, 9.17) is 4.74 Å². The van der Waals surface area contributed by atoms with Gasteiger partial charge in [-0.25, -0.2) is 0 Å². The van der Waals surface area contributed by atoms with Gasteiger partial charge in [-0.05, 0) is 80.8 Å². The summed E-state index contributed by atoms with van der Waals surface area (Å²) in [6.07, 6.45) is 14.8. The molecule has 5 rings (SSSR count). The number of hydrogen-bond donors (Lipinski definition) is 0. The van der Waals surface area contributed by atoms with Crippen molar-refractivity contribution in [3.05, 3.63) is 29.8 Å². The first kappa shape index (κ1) is 22.3. The lowest BCUT2D eigenvalue weighted by atomic mass is 9.73. The highest BCUT2D eigenvalue weighted by Gasteiger charge is 2.39. The van der Waals surface area contributed by atoms with Crippen molar-refractivity contribution in [1.82, 2.24) is 9.80 Å². The number of benzene rings is 1. The Balaban J connectivity index is 1.26. The molecule has 0 bridgehead atoms. The number of ether oxygens (including phenoxy) is 1. The van der Waals surface area contributed by atoms with E-state index < -0.39 is 0 Å². The van der Waals surface area contributed by atoms with E-state index in [1.54, 1.807) is 0 Å². The van der Waals surface area contributed by atoms with Crippen LogP contribution in [-0.2, 0) is 11.2 Å². The second-order valence-corrected chi connectivity index (χ2v) is 11.1. The highest BCUT2D eigenvalue weighted by Crippen LogP contribution is 2.40. The number of aryl methyl sites for hydroxylation is 1. The Morgan fingerprint density at radius 1 is 0.938 bits per heavy atom. The molecule has 3 fully saturated rings. The van der Waals surface area contributed by atoms with Gasteiger partial charge < -0.3 is 9.64 Å². The summed E-state index contributed by atoms with van der Waals surface area (Å²) in [6.45, 7) is 6.19. The summed E-state index contributed by atoms with van der Waals surface area (Å²) in [4.78, 5) is 18.0. The van der Waals surface area contributed by atoms with Crippen molar-refractivity contribution in [2.45, 2.75) is 77.0 Å². The van der Waals surface area contributed by atoms with Crippen LogP contribution in [0.3, 0.4) is 0 Å². The second-order valence-electron chi connectivity index (χ2n) is 11.1.